The second-order valence-corrected chi connectivity index (χ2v) is 7.93. The number of rotatable bonds is 5. The van der Waals surface area contributed by atoms with Crippen LogP contribution < -0.4 is 10.6 Å². The average molecular weight is 400 g/mol. The number of hydrogen-bond acceptors (Lipinski definition) is 6. The van der Waals surface area contributed by atoms with Gasteiger partial charge in [-0.15, -0.1) is 21.5 Å². The predicted molar refractivity (Wildman–Crippen MR) is 108 cm³/mol. The van der Waals surface area contributed by atoms with Crippen molar-refractivity contribution in [1.29, 1.82) is 0 Å². The molecule has 1 aliphatic heterocycles. The molecule has 0 saturated heterocycles. The van der Waals surface area contributed by atoms with E-state index in [2.05, 4.69) is 48.4 Å². The van der Waals surface area contributed by atoms with E-state index in [4.69, 9.17) is 4.99 Å². The molecular formula is C18H25N9S. The molecule has 1 aliphatic rings. The smallest absolute Gasteiger partial charge is 0.192 e. The van der Waals surface area contributed by atoms with E-state index in [1.807, 2.05) is 30.1 Å². The SMILES string of the molecule is Cc1nc2n(n1)CCCC2NC(=NCc1nnc(C)n1C)NCc1cccs1. The van der Waals surface area contributed by atoms with Crippen LogP contribution in [0.1, 0.15) is 47.1 Å². The summed E-state index contributed by atoms with van der Waals surface area (Å²) in [5, 5.41) is 21.9. The lowest BCUT2D eigenvalue weighted by Gasteiger charge is -2.25. The first kappa shape index (κ1) is 18.6. The Morgan fingerprint density at radius 2 is 2.25 bits per heavy atom. The van der Waals surface area contributed by atoms with Gasteiger partial charge in [-0.25, -0.2) is 14.7 Å². The molecule has 0 amide bonds. The van der Waals surface area contributed by atoms with Crippen LogP contribution in [0.15, 0.2) is 22.5 Å². The van der Waals surface area contributed by atoms with Crippen molar-refractivity contribution in [2.24, 2.45) is 12.0 Å². The maximum absolute atomic E-state index is 4.76. The molecule has 0 aliphatic carbocycles. The van der Waals surface area contributed by atoms with Gasteiger partial charge in [0.15, 0.2) is 11.8 Å². The second kappa shape index (κ2) is 8.09. The van der Waals surface area contributed by atoms with Crippen molar-refractivity contribution in [3.8, 4) is 0 Å². The minimum Gasteiger partial charge on any atom is -0.351 e. The molecule has 1 unspecified atom stereocenters. The third kappa shape index (κ3) is 4.06. The zero-order valence-corrected chi connectivity index (χ0v) is 17.2. The number of aryl methyl sites for hydroxylation is 3. The Hall–Kier alpha value is -2.75. The second-order valence-electron chi connectivity index (χ2n) is 6.90. The standard InChI is InChI=1S/C18H25N9S/c1-12-21-17-15(7-4-8-27(17)25-12)22-18(19-10-14-6-5-9-28-14)20-11-16-24-23-13(2)26(16)3/h5-6,9,15H,4,7-8,10-11H2,1-3H3,(H2,19,20,22). The molecule has 3 aromatic heterocycles. The molecule has 0 aromatic carbocycles. The molecule has 4 rings (SSSR count). The number of guanidine groups is 1. The van der Waals surface area contributed by atoms with Crippen molar-refractivity contribution in [3.63, 3.8) is 0 Å². The van der Waals surface area contributed by atoms with Crippen molar-refractivity contribution in [2.75, 3.05) is 0 Å². The predicted octanol–water partition coefficient (Wildman–Crippen LogP) is 1.86. The highest BCUT2D eigenvalue weighted by atomic mass is 32.1. The van der Waals surface area contributed by atoms with Gasteiger partial charge in [0.25, 0.3) is 0 Å². The van der Waals surface area contributed by atoms with E-state index in [0.717, 1.165) is 55.2 Å². The lowest BCUT2D eigenvalue weighted by atomic mass is 10.1. The fraction of sp³-hybridized carbons (Fsp3) is 0.500. The Balaban J connectivity index is 1.52. The highest BCUT2D eigenvalue weighted by molar-refractivity contribution is 7.09. The van der Waals surface area contributed by atoms with Gasteiger partial charge in [-0.05, 0) is 38.1 Å². The Bertz CT molecular complexity index is 954. The van der Waals surface area contributed by atoms with Crippen molar-refractivity contribution in [2.45, 2.75) is 52.4 Å². The van der Waals surface area contributed by atoms with Crippen LogP contribution in [0.2, 0.25) is 0 Å². The topological polar surface area (TPSA) is 97.8 Å². The van der Waals surface area contributed by atoms with Crippen molar-refractivity contribution in [1.82, 2.24) is 40.2 Å². The van der Waals surface area contributed by atoms with Gasteiger partial charge in [-0.1, -0.05) is 6.07 Å². The summed E-state index contributed by atoms with van der Waals surface area (Å²) in [6.45, 7) is 5.96. The van der Waals surface area contributed by atoms with E-state index in [9.17, 15) is 0 Å². The Morgan fingerprint density at radius 1 is 1.36 bits per heavy atom. The van der Waals surface area contributed by atoms with Gasteiger partial charge in [-0.3, -0.25) is 0 Å². The number of hydrogen-bond donors (Lipinski definition) is 2. The van der Waals surface area contributed by atoms with Crippen molar-refractivity contribution >= 4 is 17.3 Å². The van der Waals surface area contributed by atoms with E-state index in [0.29, 0.717) is 6.54 Å². The molecule has 28 heavy (non-hydrogen) atoms. The fourth-order valence-electron chi connectivity index (χ4n) is 3.25. The molecule has 0 spiro atoms. The quantitative estimate of drug-likeness (QED) is 0.502. The number of fused-ring (bicyclic) bond motifs is 1. The summed E-state index contributed by atoms with van der Waals surface area (Å²) in [6.07, 6.45) is 2.06. The number of aromatic nitrogens is 6. The summed E-state index contributed by atoms with van der Waals surface area (Å²) in [5.41, 5.74) is 0. The summed E-state index contributed by atoms with van der Waals surface area (Å²) in [5.74, 6) is 4.24. The van der Waals surface area contributed by atoms with Crippen LogP contribution in [0, 0.1) is 13.8 Å². The van der Waals surface area contributed by atoms with Crippen LogP contribution in [0.25, 0.3) is 0 Å². The van der Waals surface area contributed by atoms with Crippen LogP contribution in [0.4, 0.5) is 0 Å². The zero-order valence-electron chi connectivity index (χ0n) is 16.4. The molecule has 0 saturated carbocycles. The molecule has 1 atom stereocenters. The summed E-state index contributed by atoms with van der Waals surface area (Å²) in [4.78, 5) is 10.6. The molecular weight excluding hydrogens is 374 g/mol. The summed E-state index contributed by atoms with van der Waals surface area (Å²) < 4.78 is 3.96. The van der Waals surface area contributed by atoms with Crippen molar-refractivity contribution < 1.29 is 0 Å². The van der Waals surface area contributed by atoms with E-state index < -0.39 is 0 Å². The minimum absolute atomic E-state index is 0.0887. The molecule has 148 valence electrons. The largest absolute Gasteiger partial charge is 0.351 e. The molecule has 0 fully saturated rings. The zero-order chi connectivity index (χ0) is 19.5. The summed E-state index contributed by atoms with van der Waals surface area (Å²) in [6, 6.07) is 4.26. The molecule has 0 bridgehead atoms. The lowest BCUT2D eigenvalue weighted by molar-refractivity contribution is 0.397. The third-order valence-electron chi connectivity index (χ3n) is 4.86. The van der Waals surface area contributed by atoms with E-state index >= 15 is 0 Å². The van der Waals surface area contributed by atoms with Gasteiger partial charge < -0.3 is 15.2 Å². The van der Waals surface area contributed by atoms with Gasteiger partial charge in [-0.2, -0.15) is 5.10 Å². The van der Waals surface area contributed by atoms with E-state index in [1.54, 1.807) is 11.3 Å². The van der Waals surface area contributed by atoms with Crippen LogP contribution >= 0.6 is 11.3 Å². The molecule has 3 aromatic rings. The van der Waals surface area contributed by atoms with Gasteiger partial charge in [0, 0.05) is 18.5 Å². The number of nitrogens with one attached hydrogen (secondary N) is 2. The molecule has 10 heteroatoms. The third-order valence-corrected chi connectivity index (χ3v) is 5.74. The van der Waals surface area contributed by atoms with Crippen LogP contribution in [-0.4, -0.2) is 35.5 Å². The van der Waals surface area contributed by atoms with Crippen molar-refractivity contribution in [3.05, 3.63) is 45.7 Å². The average Bonchev–Trinajstić information content (AvgIpc) is 3.40. The first-order valence-corrected chi connectivity index (χ1v) is 10.3. The lowest BCUT2D eigenvalue weighted by Crippen LogP contribution is -2.41. The maximum Gasteiger partial charge on any atom is 0.192 e. The van der Waals surface area contributed by atoms with Gasteiger partial charge in [0.1, 0.15) is 24.0 Å². The monoisotopic (exact) mass is 399 g/mol. The Morgan fingerprint density at radius 3 is 3.00 bits per heavy atom. The van der Waals surface area contributed by atoms with Crippen LogP contribution in [0.3, 0.4) is 0 Å². The fourth-order valence-corrected chi connectivity index (χ4v) is 3.89. The highest BCUT2D eigenvalue weighted by Crippen LogP contribution is 2.23. The van der Waals surface area contributed by atoms with E-state index in [-0.39, 0.29) is 6.04 Å². The normalized spacial score (nSPS) is 16.8. The summed E-state index contributed by atoms with van der Waals surface area (Å²) in [7, 11) is 1.96. The maximum atomic E-state index is 4.76. The molecule has 9 nitrogen and oxygen atoms in total. The van der Waals surface area contributed by atoms with E-state index in [1.165, 1.54) is 4.88 Å². The van der Waals surface area contributed by atoms with Crippen LogP contribution in [0.5, 0.6) is 0 Å². The van der Waals surface area contributed by atoms with Gasteiger partial charge >= 0.3 is 0 Å². The van der Waals surface area contributed by atoms with Crippen LogP contribution in [-0.2, 0) is 26.7 Å². The molecule has 4 heterocycles. The number of aliphatic imine (C=N–C) groups is 1. The van der Waals surface area contributed by atoms with Gasteiger partial charge in [0.05, 0.1) is 12.6 Å². The first-order valence-electron chi connectivity index (χ1n) is 9.43. The minimum atomic E-state index is 0.0887. The Kier molecular flexibility index (Phi) is 5.38. The number of nitrogens with zero attached hydrogens (tertiary/aromatic N) is 7. The highest BCUT2D eigenvalue weighted by Gasteiger charge is 2.24. The first-order chi connectivity index (χ1) is 13.6. The Labute approximate surface area is 167 Å². The number of thiophene rings is 1. The molecule has 2 N–H and O–H groups in total. The molecule has 0 radical (unpaired) electrons. The van der Waals surface area contributed by atoms with Gasteiger partial charge in [0.2, 0.25) is 0 Å². The summed E-state index contributed by atoms with van der Waals surface area (Å²) >= 11 is 1.72.